The third kappa shape index (κ3) is 7.36. The number of allylic oxidation sites excluding steroid dienone is 1. The molecule has 1 saturated heterocycles. The summed E-state index contributed by atoms with van der Waals surface area (Å²) in [5.74, 6) is 2.36. The number of fused-ring (bicyclic) bond motifs is 1. The summed E-state index contributed by atoms with van der Waals surface area (Å²) in [6, 6.07) is 6.35. The molecule has 2 fully saturated rings. The first-order chi connectivity index (χ1) is 19.2. The maximum Gasteiger partial charge on any atom is 0.321 e. The van der Waals surface area contributed by atoms with Crippen molar-refractivity contribution in [3.8, 4) is 0 Å². The molecule has 1 N–H and O–H groups in total. The normalized spacial score (nSPS) is 22.4. The molecule has 0 spiro atoms. The van der Waals surface area contributed by atoms with Crippen molar-refractivity contribution >= 4 is 17.6 Å². The van der Waals surface area contributed by atoms with E-state index in [1.54, 1.807) is 0 Å². The SMILES string of the molecule is CC(C)c1cccc(C(C)C)c1NC(=O)N1CCN(CCN(CC2=CCC3CC2C3(C)C)C(=O)CC(C)(C)C)CC1. The van der Waals surface area contributed by atoms with Crippen LogP contribution < -0.4 is 5.32 Å². The van der Waals surface area contributed by atoms with E-state index in [4.69, 9.17) is 0 Å². The molecule has 2 bridgehead atoms. The molecule has 6 heteroatoms. The number of para-hydroxylation sites is 1. The Kier molecular flexibility index (Phi) is 9.62. The summed E-state index contributed by atoms with van der Waals surface area (Å²) in [4.78, 5) is 33.3. The first-order valence-corrected chi connectivity index (χ1v) is 16.0. The summed E-state index contributed by atoms with van der Waals surface area (Å²) in [6.07, 6.45) is 5.44. The third-order valence-electron chi connectivity index (χ3n) is 9.94. The van der Waals surface area contributed by atoms with E-state index in [0.717, 1.165) is 50.7 Å². The topological polar surface area (TPSA) is 55.9 Å². The predicted molar refractivity (Wildman–Crippen MR) is 170 cm³/mol. The van der Waals surface area contributed by atoms with E-state index in [1.807, 2.05) is 4.90 Å². The van der Waals surface area contributed by atoms with Gasteiger partial charge in [0.15, 0.2) is 0 Å². The van der Waals surface area contributed by atoms with Crippen molar-refractivity contribution in [2.24, 2.45) is 22.7 Å². The zero-order chi connectivity index (χ0) is 30.1. The Bertz CT molecular complexity index is 1100. The largest absolute Gasteiger partial charge is 0.337 e. The fourth-order valence-corrected chi connectivity index (χ4v) is 7.05. The van der Waals surface area contributed by atoms with Crippen LogP contribution >= 0.6 is 0 Å². The minimum Gasteiger partial charge on any atom is -0.337 e. The molecular weight excluding hydrogens is 508 g/mol. The molecule has 3 amide bonds. The van der Waals surface area contributed by atoms with Crippen molar-refractivity contribution in [1.82, 2.24) is 14.7 Å². The van der Waals surface area contributed by atoms with Gasteiger partial charge >= 0.3 is 6.03 Å². The van der Waals surface area contributed by atoms with Crippen molar-refractivity contribution in [1.29, 1.82) is 0 Å². The minimum absolute atomic E-state index is 0.00714. The number of carbonyl (C=O) groups is 2. The molecule has 6 nitrogen and oxygen atoms in total. The Balaban J connectivity index is 1.34. The average molecular weight is 565 g/mol. The fourth-order valence-electron chi connectivity index (χ4n) is 7.05. The summed E-state index contributed by atoms with van der Waals surface area (Å²) >= 11 is 0. The molecule has 0 radical (unpaired) electrons. The number of urea groups is 1. The molecule has 1 saturated carbocycles. The van der Waals surface area contributed by atoms with Crippen molar-refractivity contribution in [2.45, 2.75) is 93.4 Å². The Morgan fingerprint density at radius 3 is 2.15 bits per heavy atom. The van der Waals surface area contributed by atoms with Gasteiger partial charge in [-0.25, -0.2) is 4.79 Å². The summed E-state index contributed by atoms with van der Waals surface area (Å²) in [5.41, 5.74) is 5.18. The highest BCUT2D eigenvalue weighted by Crippen LogP contribution is 2.59. The summed E-state index contributed by atoms with van der Waals surface area (Å²) < 4.78 is 0. The second-order valence-corrected chi connectivity index (χ2v) is 15.3. The molecule has 5 rings (SSSR count). The van der Waals surface area contributed by atoms with E-state index >= 15 is 0 Å². The van der Waals surface area contributed by atoms with Crippen molar-refractivity contribution in [2.75, 3.05) is 51.1 Å². The minimum atomic E-state index is -0.0281. The highest BCUT2D eigenvalue weighted by molar-refractivity contribution is 5.91. The number of amides is 3. The third-order valence-corrected chi connectivity index (χ3v) is 9.94. The zero-order valence-electron chi connectivity index (χ0n) is 27.3. The van der Waals surface area contributed by atoms with Crippen molar-refractivity contribution < 1.29 is 9.59 Å². The number of nitrogens with one attached hydrogen (secondary N) is 1. The van der Waals surface area contributed by atoms with Gasteiger partial charge in [0.2, 0.25) is 5.91 Å². The van der Waals surface area contributed by atoms with Crippen LogP contribution in [0.4, 0.5) is 10.5 Å². The van der Waals surface area contributed by atoms with Gasteiger partial charge in [-0.15, -0.1) is 0 Å². The second-order valence-electron chi connectivity index (χ2n) is 15.3. The van der Waals surface area contributed by atoms with Crippen LogP contribution in [0, 0.1) is 22.7 Å². The van der Waals surface area contributed by atoms with Gasteiger partial charge in [-0.3, -0.25) is 9.69 Å². The zero-order valence-corrected chi connectivity index (χ0v) is 27.3. The molecule has 1 heterocycles. The van der Waals surface area contributed by atoms with E-state index in [-0.39, 0.29) is 17.4 Å². The Labute approximate surface area is 249 Å². The molecular formula is C35H56N4O2. The van der Waals surface area contributed by atoms with Crippen LogP contribution in [0.3, 0.4) is 0 Å². The molecule has 1 aliphatic heterocycles. The smallest absolute Gasteiger partial charge is 0.321 e. The van der Waals surface area contributed by atoms with Crippen LogP contribution in [0.5, 0.6) is 0 Å². The summed E-state index contributed by atoms with van der Waals surface area (Å²) in [5, 5.41) is 3.28. The molecule has 2 atom stereocenters. The molecule has 2 unspecified atom stereocenters. The van der Waals surface area contributed by atoms with Gasteiger partial charge in [0, 0.05) is 57.9 Å². The number of hydrogen-bond acceptors (Lipinski definition) is 3. The number of rotatable bonds is 9. The lowest BCUT2D eigenvalue weighted by Crippen LogP contribution is -2.53. The van der Waals surface area contributed by atoms with Gasteiger partial charge < -0.3 is 15.1 Å². The number of piperazine rings is 1. The first-order valence-electron chi connectivity index (χ1n) is 16.0. The maximum absolute atomic E-state index is 13.5. The van der Waals surface area contributed by atoms with Crippen LogP contribution in [0.2, 0.25) is 0 Å². The monoisotopic (exact) mass is 564 g/mol. The van der Waals surface area contributed by atoms with Crippen LogP contribution in [0.25, 0.3) is 0 Å². The highest BCUT2D eigenvalue weighted by atomic mass is 16.2. The van der Waals surface area contributed by atoms with Gasteiger partial charge in [-0.1, -0.05) is 92.2 Å². The molecule has 1 aromatic carbocycles. The maximum atomic E-state index is 13.5. The summed E-state index contributed by atoms with van der Waals surface area (Å²) in [6.45, 7) is 25.4. The van der Waals surface area contributed by atoms with Gasteiger partial charge in [-0.2, -0.15) is 0 Å². The van der Waals surface area contributed by atoms with Gasteiger partial charge in [-0.05, 0) is 58.5 Å². The van der Waals surface area contributed by atoms with E-state index in [1.165, 1.54) is 23.1 Å². The van der Waals surface area contributed by atoms with Gasteiger partial charge in [0.05, 0.1) is 0 Å². The lowest BCUT2D eigenvalue weighted by Gasteiger charge is -2.57. The van der Waals surface area contributed by atoms with Gasteiger partial charge in [0.25, 0.3) is 0 Å². The standard InChI is InChI=1S/C35H56N4O2/c1-24(2)28-11-10-12-29(25(3)4)32(28)36-33(41)38-18-15-37(16-19-38)17-20-39(31(40)22-34(5,6)7)23-26-13-14-27-21-30(26)35(27,8)9/h10-13,24-25,27,30H,14-23H2,1-9H3,(H,36,41). The van der Waals surface area contributed by atoms with Crippen LogP contribution in [-0.4, -0.2) is 72.5 Å². The summed E-state index contributed by atoms with van der Waals surface area (Å²) in [7, 11) is 0. The predicted octanol–water partition coefficient (Wildman–Crippen LogP) is 7.34. The lowest BCUT2D eigenvalue weighted by atomic mass is 9.49. The Hall–Kier alpha value is -2.34. The second kappa shape index (κ2) is 12.5. The molecule has 228 valence electrons. The molecule has 4 aliphatic rings. The highest BCUT2D eigenvalue weighted by Gasteiger charge is 2.51. The average Bonchev–Trinajstić information content (AvgIpc) is 2.90. The Morgan fingerprint density at radius 2 is 1.63 bits per heavy atom. The fraction of sp³-hybridized carbons (Fsp3) is 0.714. The van der Waals surface area contributed by atoms with Crippen molar-refractivity contribution in [3.63, 3.8) is 0 Å². The van der Waals surface area contributed by atoms with E-state index in [2.05, 4.69) is 102 Å². The quantitative estimate of drug-likeness (QED) is 0.319. The van der Waals surface area contributed by atoms with E-state index in [0.29, 0.717) is 42.7 Å². The number of nitrogens with zero attached hydrogens (tertiary/aromatic N) is 3. The first kappa shape index (κ1) is 31.6. The van der Waals surface area contributed by atoms with Crippen molar-refractivity contribution in [3.05, 3.63) is 41.0 Å². The number of benzene rings is 1. The van der Waals surface area contributed by atoms with E-state index < -0.39 is 0 Å². The molecule has 0 aromatic heterocycles. The van der Waals surface area contributed by atoms with Crippen LogP contribution in [0.1, 0.15) is 105 Å². The molecule has 41 heavy (non-hydrogen) atoms. The van der Waals surface area contributed by atoms with Crippen LogP contribution in [0.15, 0.2) is 29.8 Å². The molecule has 1 aromatic rings. The Morgan fingerprint density at radius 1 is 1.02 bits per heavy atom. The van der Waals surface area contributed by atoms with Gasteiger partial charge in [0.1, 0.15) is 0 Å². The molecule has 3 aliphatic carbocycles. The lowest BCUT2D eigenvalue weighted by molar-refractivity contribution is -0.133. The number of hydrogen-bond donors (Lipinski definition) is 1. The van der Waals surface area contributed by atoms with E-state index in [9.17, 15) is 9.59 Å². The van der Waals surface area contributed by atoms with Crippen LogP contribution in [-0.2, 0) is 4.79 Å². The number of anilines is 1. The number of carbonyl (C=O) groups excluding carboxylic acids is 2.